The van der Waals surface area contributed by atoms with E-state index in [9.17, 15) is 19.2 Å². The van der Waals surface area contributed by atoms with Crippen molar-refractivity contribution in [3.63, 3.8) is 0 Å². The number of nitrogens with two attached hydrogens (primary N) is 1. The van der Waals surface area contributed by atoms with E-state index in [1.165, 1.54) is 6.08 Å². The van der Waals surface area contributed by atoms with Crippen molar-refractivity contribution in [3.8, 4) is 0 Å². The topological polar surface area (TPSA) is 137 Å². The van der Waals surface area contributed by atoms with Crippen molar-refractivity contribution in [1.29, 1.82) is 0 Å². The quantitative estimate of drug-likeness (QED) is 0.177. The minimum absolute atomic E-state index is 0.0522. The molecule has 4 aromatic rings. The molecule has 10 heteroatoms. The summed E-state index contributed by atoms with van der Waals surface area (Å²) in [5.74, 6) is -0.849. The Morgan fingerprint density at radius 3 is 2.10 bits per heavy atom. The van der Waals surface area contributed by atoms with Crippen molar-refractivity contribution >= 4 is 29.0 Å². The molecule has 1 saturated heterocycles. The Morgan fingerprint density at radius 1 is 0.922 bits per heavy atom. The van der Waals surface area contributed by atoms with E-state index in [4.69, 9.17) is 10.5 Å². The van der Waals surface area contributed by atoms with Gasteiger partial charge >= 0.3 is 0 Å². The average Bonchev–Trinajstić information content (AvgIpc) is 3.62. The van der Waals surface area contributed by atoms with E-state index in [1.807, 2.05) is 95.9 Å². The molecule has 10 nitrogen and oxygen atoms in total. The summed E-state index contributed by atoms with van der Waals surface area (Å²) in [6.45, 7) is 7.62. The van der Waals surface area contributed by atoms with Crippen LogP contribution in [0.5, 0.6) is 0 Å². The van der Waals surface area contributed by atoms with Crippen LogP contribution in [0.25, 0.3) is 5.57 Å². The Morgan fingerprint density at radius 2 is 1.51 bits per heavy atom. The lowest BCUT2D eigenvalue weighted by Crippen LogP contribution is -2.55. The summed E-state index contributed by atoms with van der Waals surface area (Å²) in [4.78, 5) is 60.1. The molecule has 2 amide bonds. The van der Waals surface area contributed by atoms with Gasteiger partial charge in [-0.2, -0.15) is 0 Å². The van der Waals surface area contributed by atoms with E-state index in [-0.39, 0.29) is 30.7 Å². The van der Waals surface area contributed by atoms with E-state index >= 15 is 0 Å². The van der Waals surface area contributed by atoms with Crippen molar-refractivity contribution in [2.75, 3.05) is 19.7 Å². The molecule has 0 bridgehead atoms. The number of nitrogens with one attached hydrogen (secondary N) is 1. The molecular weight excluding hydrogens is 642 g/mol. The maximum absolute atomic E-state index is 14.3. The number of allylic oxidation sites excluding steroid dienone is 1. The van der Waals surface area contributed by atoms with Gasteiger partial charge in [0.25, 0.3) is 0 Å². The Kier molecular flexibility index (Phi) is 11.8. The van der Waals surface area contributed by atoms with Crippen LogP contribution in [0, 0.1) is 0 Å². The molecule has 2 heterocycles. The number of piperidine rings is 1. The van der Waals surface area contributed by atoms with Crippen molar-refractivity contribution in [3.05, 3.63) is 132 Å². The summed E-state index contributed by atoms with van der Waals surface area (Å²) < 4.78 is 7.60. The van der Waals surface area contributed by atoms with Crippen molar-refractivity contribution in [2.45, 2.75) is 70.2 Å². The predicted octanol–water partition coefficient (Wildman–Crippen LogP) is 5.03. The summed E-state index contributed by atoms with van der Waals surface area (Å²) in [6, 6.07) is 27.2. The van der Waals surface area contributed by atoms with Crippen LogP contribution in [-0.2, 0) is 35.9 Å². The zero-order valence-corrected chi connectivity index (χ0v) is 29.7. The fourth-order valence-corrected chi connectivity index (χ4v) is 6.44. The van der Waals surface area contributed by atoms with Crippen LogP contribution in [0.15, 0.2) is 110 Å². The highest BCUT2D eigenvalue weighted by molar-refractivity contribution is 6.02. The standard InChI is InChI=1S/C41H47N5O5/c1-29(24-36(48)35(44-39(50)40(3,4)42)27-51-26-31-14-8-5-9-15-31)34-25-46(28-43-34)37(32-16-10-6-11-17-32)38(49)45-22-20-41(21-23-45,30(2)47)33-18-12-7-13-19-33/h5-19,24-25,28,35,37H,20-23,26-27,42H2,1-4H3,(H,44,50)/t35-,37?/m1/s1. The Labute approximate surface area is 299 Å². The van der Waals surface area contributed by atoms with Crippen molar-refractivity contribution < 1.29 is 23.9 Å². The summed E-state index contributed by atoms with van der Waals surface area (Å²) in [5, 5.41) is 2.74. The maximum Gasteiger partial charge on any atom is 0.250 e. The molecule has 1 unspecified atom stereocenters. The van der Waals surface area contributed by atoms with Crippen LogP contribution < -0.4 is 11.1 Å². The molecule has 3 N–H and O–H groups in total. The highest BCUT2D eigenvalue weighted by Crippen LogP contribution is 2.37. The largest absolute Gasteiger partial charge is 0.374 e. The fourth-order valence-electron chi connectivity index (χ4n) is 6.44. The molecule has 266 valence electrons. The second kappa shape index (κ2) is 16.2. The Balaban J connectivity index is 1.35. The number of amides is 2. The van der Waals surface area contributed by atoms with Crippen LogP contribution in [-0.4, -0.2) is 69.1 Å². The number of aromatic nitrogens is 2. The second-order valence-corrected chi connectivity index (χ2v) is 13.8. The van der Waals surface area contributed by atoms with Gasteiger partial charge in [-0.15, -0.1) is 0 Å². The second-order valence-electron chi connectivity index (χ2n) is 13.8. The van der Waals surface area contributed by atoms with Gasteiger partial charge in [-0.1, -0.05) is 91.0 Å². The normalized spacial score (nSPS) is 15.9. The number of ketones is 2. The molecule has 1 aromatic heterocycles. The minimum Gasteiger partial charge on any atom is -0.374 e. The van der Waals surface area contributed by atoms with Crippen LogP contribution in [0.4, 0.5) is 0 Å². The fraction of sp³-hybridized carbons (Fsp3) is 0.341. The monoisotopic (exact) mass is 689 g/mol. The highest BCUT2D eigenvalue weighted by atomic mass is 16.5. The SMILES string of the molecule is CC(=O)C1(c2ccccc2)CCN(C(=O)C(c2ccccc2)n2cnc(C(C)=CC(=O)[C@@H](COCc3ccccc3)NC(=O)C(C)(C)N)c2)CC1. The molecule has 5 rings (SSSR count). The first kappa shape index (κ1) is 37.1. The van der Waals surface area contributed by atoms with E-state index in [0.29, 0.717) is 37.2 Å². The molecule has 3 aromatic carbocycles. The van der Waals surface area contributed by atoms with Gasteiger partial charge in [0.2, 0.25) is 11.8 Å². The lowest BCUT2D eigenvalue weighted by atomic mass is 9.70. The lowest BCUT2D eigenvalue weighted by molar-refractivity contribution is -0.137. The molecule has 0 spiro atoms. The zero-order chi connectivity index (χ0) is 36.6. The molecular formula is C41H47N5O5. The first-order valence-corrected chi connectivity index (χ1v) is 17.3. The number of rotatable bonds is 14. The van der Waals surface area contributed by atoms with Crippen molar-refractivity contribution in [1.82, 2.24) is 19.8 Å². The zero-order valence-electron chi connectivity index (χ0n) is 29.7. The average molecular weight is 690 g/mol. The number of hydrogen-bond acceptors (Lipinski definition) is 7. The number of ether oxygens (including phenoxy) is 1. The van der Waals surface area contributed by atoms with Crippen LogP contribution in [0.1, 0.15) is 69.0 Å². The number of imidazole rings is 1. The first-order valence-electron chi connectivity index (χ1n) is 17.3. The van der Waals surface area contributed by atoms with Crippen molar-refractivity contribution in [2.24, 2.45) is 5.73 Å². The van der Waals surface area contributed by atoms with Gasteiger partial charge in [0.05, 0.1) is 36.2 Å². The van der Waals surface area contributed by atoms with E-state index in [2.05, 4.69) is 10.3 Å². The maximum atomic E-state index is 14.3. The summed E-state index contributed by atoms with van der Waals surface area (Å²) >= 11 is 0. The molecule has 1 fully saturated rings. The predicted molar refractivity (Wildman–Crippen MR) is 196 cm³/mol. The van der Waals surface area contributed by atoms with Crippen LogP contribution in [0.3, 0.4) is 0 Å². The molecule has 0 saturated carbocycles. The Hall–Kier alpha value is -5.19. The number of carbonyl (C=O) groups is 4. The highest BCUT2D eigenvalue weighted by Gasteiger charge is 2.42. The third-order valence-corrected chi connectivity index (χ3v) is 9.57. The van der Waals surface area contributed by atoms with Crippen LogP contribution >= 0.6 is 0 Å². The molecule has 0 radical (unpaired) electrons. The molecule has 51 heavy (non-hydrogen) atoms. The number of carbonyl (C=O) groups excluding carboxylic acids is 4. The smallest absolute Gasteiger partial charge is 0.250 e. The Bertz CT molecular complexity index is 1840. The van der Waals surface area contributed by atoms with Gasteiger partial charge in [0.15, 0.2) is 5.78 Å². The van der Waals surface area contributed by atoms with E-state index in [1.54, 1.807) is 44.8 Å². The lowest BCUT2D eigenvalue weighted by Gasteiger charge is -2.41. The molecule has 1 aliphatic rings. The molecule has 2 atom stereocenters. The summed E-state index contributed by atoms with van der Waals surface area (Å²) in [5.41, 5.74) is 7.96. The van der Waals surface area contributed by atoms with Gasteiger partial charge in [-0.25, -0.2) is 4.98 Å². The minimum atomic E-state index is -1.20. The van der Waals surface area contributed by atoms with Gasteiger partial charge in [-0.05, 0) is 68.9 Å². The number of nitrogens with zero attached hydrogens (tertiary/aromatic N) is 3. The molecule has 0 aliphatic carbocycles. The number of hydrogen-bond donors (Lipinski definition) is 2. The van der Waals surface area contributed by atoms with Gasteiger partial charge in [-0.3, -0.25) is 19.2 Å². The number of likely N-dealkylation sites (tertiary alicyclic amines) is 1. The van der Waals surface area contributed by atoms with Gasteiger partial charge in [0, 0.05) is 19.3 Å². The number of Topliss-reactive ketones (excluding diaryl/α,β-unsaturated/α-hetero) is 1. The number of benzene rings is 3. The third-order valence-electron chi connectivity index (χ3n) is 9.57. The third kappa shape index (κ3) is 8.95. The van der Waals surface area contributed by atoms with Gasteiger partial charge in [0.1, 0.15) is 17.9 Å². The summed E-state index contributed by atoms with van der Waals surface area (Å²) in [7, 11) is 0. The summed E-state index contributed by atoms with van der Waals surface area (Å²) in [6.07, 6.45) is 5.85. The van der Waals surface area contributed by atoms with E-state index in [0.717, 1.165) is 16.7 Å². The first-order chi connectivity index (χ1) is 24.4. The molecule has 1 aliphatic heterocycles. The van der Waals surface area contributed by atoms with E-state index < -0.39 is 28.9 Å². The van der Waals surface area contributed by atoms with Gasteiger partial charge < -0.3 is 25.3 Å². The van der Waals surface area contributed by atoms with Crippen LogP contribution in [0.2, 0.25) is 0 Å².